The van der Waals surface area contributed by atoms with Crippen molar-refractivity contribution in [2.45, 2.75) is 19.0 Å². The number of hydrogen-bond acceptors (Lipinski definition) is 5. The maximum absolute atomic E-state index is 5.85. The van der Waals surface area contributed by atoms with Crippen LogP contribution in [0.25, 0.3) is 0 Å². The summed E-state index contributed by atoms with van der Waals surface area (Å²) < 4.78 is 0. The lowest BCUT2D eigenvalue weighted by Gasteiger charge is -2.28. The molecule has 6 nitrogen and oxygen atoms in total. The number of nitrogens with one attached hydrogen (secondary N) is 3. The van der Waals surface area contributed by atoms with Crippen molar-refractivity contribution in [2.75, 3.05) is 5.32 Å². The topological polar surface area (TPSA) is 118 Å². The Morgan fingerprint density at radius 2 is 2.15 bits per heavy atom. The Balaban J connectivity index is 2.40. The molecule has 0 bridgehead atoms. The van der Waals surface area contributed by atoms with Crippen LogP contribution in [0.5, 0.6) is 0 Å². The highest BCUT2D eigenvalue weighted by Gasteiger charge is 2.24. The Hall–Kier alpha value is -1.08. The standard InChI is InChI=1S/C7H14N6/c8-1-3-2-11-6-4(3)5(9)12-7(10)13-6/h2,5,7,11-13H,1,8-10H2. The third-order valence-corrected chi connectivity index (χ3v) is 2.20. The first-order chi connectivity index (χ1) is 6.22. The summed E-state index contributed by atoms with van der Waals surface area (Å²) in [5, 5.41) is 5.99. The molecule has 2 atom stereocenters. The number of anilines is 1. The molecule has 0 radical (unpaired) electrons. The van der Waals surface area contributed by atoms with Gasteiger partial charge in [0, 0.05) is 18.3 Å². The van der Waals surface area contributed by atoms with Crippen LogP contribution in [0.2, 0.25) is 0 Å². The number of aromatic nitrogens is 1. The Bertz CT molecular complexity index is 306. The van der Waals surface area contributed by atoms with Crippen molar-refractivity contribution in [3.05, 3.63) is 17.3 Å². The Kier molecular flexibility index (Phi) is 1.97. The average molecular weight is 182 g/mol. The summed E-state index contributed by atoms with van der Waals surface area (Å²) in [7, 11) is 0. The molecule has 0 aliphatic carbocycles. The monoisotopic (exact) mass is 182 g/mol. The molecule has 2 heterocycles. The lowest BCUT2D eigenvalue weighted by atomic mass is 10.1. The lowest BCUT2D eigenvalue weighted by Crippen LogP contribution is -2.51. The van der Waals surface area contributed by atoms with Crippen LogP contribution in [0.4, 0.5) is 5.82 Å². The minimum Gasteiger partial charge on any atom is -0.348 e. The van der Waals surface area contributed by atoms with Crippen LogP contribution in [0, 0.1) is 0 Å². The molecule has 1 aromatic heterocycles. The van der Waals surface area contributed by atoms with Gasteiger partial charge in [-0.3, -0.25) is 11.1 Å². The number of H-pyrrole nitrogens is 1. The van der Waals surface area contributed by atoms with E-state index >= 15 is 0 Å². The summed E-state index contributed by atoms with van der Waals surface area (Å²) >= 11 is 0. The van der Waals surface area contributed by atoms with Crippen molar-refractivity contribution in [3.8, 4) is 0 Å². The van der Waals surface area contributed by atoms with E-state index in [1.165, 1.54) is 0 Å². The van der Waals surface area contributed by atoms with Gasteiger partial charge in [-0.05, 0) is 5.56 Å². The summed E-state index contributed by atoms with van der Waals surface area (Å²) in [5.74, 6) is 0.860. The molecule has 0 spiro atoms. The SMILES string of the molecule is NCc1c[nH]c2c1C(N)NC(N)N2. The van der Waals surface area contributed by atoms with Crippen LogP contribution in [-0.4, -0.2) is 11.3 Å². The highest BCUT2D eigenvalue weighted by atomic mass is 15.3. The second-order valence-corrected chi connectivity index (χ2v) is 3.07. The van der Waals surface area contributed by atoms with Gasteiger partial charge in [0.25, 0.3) is 0 Å². The quantitative estimate of drug-likeness (QED) is 0.322. The predicted molar refractivity (Wildman–Crippen MR) is 50.3 cm³/mol. The molecule has 1 aromatic rings. The molecule has 9 N–H and O–H groups in total. The van der Waals surface area contributed by atoms with Crippen LogP contribution in [-0.2, 0) is 6.54 Å². The third-order valence-electron chi connectivity index (χ3n) is 2.20. The van der Waals surface area contributed by atoms with Crippen LogP contribution in [0.3, 0.4) is 0 Å². The first-order valence-corrected chi connectivity index (χ1v) is 4.16. The smallest absolute Gasteiger partial charge is 0.132 e. The van der Waals surface area contributed by atoms with Crippen LogP contribution in [0.1, 0.15) is 17.3 Å². The third kappa shape index (κ3) is 1.29. The molecule has 0 aromatic carbocycles. The summed E-state index contributed by atoms with van der Waals surface area (Å²) in [6.45, 7) is 0.470. The first-order valence-electron chi connectivity index (χ1n) is 4.16. The van der Waals surface area contributed by atoms with Crippen LogP contribution < -0.4 is 27.8 Å². The maximum Gasteiger partial charge on any atom is 0.132 e. The van der Waals surface area contributed by atoms with Gasteiger partial charge in [-0.25, -0.2) is 0 Å². The summed E-state index contributed by atoms with van der Waals surface area (Å²) in [6.07, 6.45) is 1.28. The molecule has 0 amide bonds. The summed E-state index contributed by atoms with van der Waals surface area (Å²) in [4.78, 5) is 3.05. The number of nitrogens with two attached hydrogens (primary N) is 3. The molecule has 6 heteroatoms. The molecule has 1 aliphatic rings. The first kappa shape index (κ1) is 8.52. The van der Waals surface area contributed by atoms with Gasteiger partial charge >= 0.3 is 0 Å². The number of rotatable bonds is 1. The van der Waals surface area contributed by atoms with E-state index < -0.39 is 0 Å². The molecule has 0 saturated carbocycles. The lowest BCUT2D eigenvalue weighted by molar-refractivity contribution is 0.463. The molecule has 1 aliphatic heterocycles. The van der Waals surface area contributed by atoms with E-state index in [1.54, 1.807) is 0 Å². The highest BCUT2D eigenvalue weighted by molar-refractivity contribution is 5.53. The molecule has 13 heavy (non-hydrogen) atoms. The molecular weight excluding hydrogens is 168 g/mol. The zero-order valence-electron chi connectivity index (χ0n) is 7.17. The van der Waals surface area contributed by atoms with E-state index in [-0.39, 0.29) is 12.5 Å². The molecule has 72 valence electrons. The minimum absolute atomic E-state index is 0.254. The van der Waals surface area contributed by atoms with E-state index in [0.29, 0.717) is 6.54 Å². The minimum atomic E-state index is -0.313. The van der Waals surface area contributed by atoms with E-state index in [2.05, 4.69) is 15.6 Å². The average Bonchev–Trinajstić information content (AvgIpc) is 2.47. The number of aromatic amines is 1. The van der Waals surface area contributed by atoms with Gasteiger partial charge in [-0.1, -0.05) is 0 Å². The fourth-order valence-electron chi connectivity index (χ4n) is 1.59. The Labute approximate surface area is 75.8 Å². The fraction of sp³-hybridized carbons (Fsp3) is 0.429. The van der Waals surface area contributed by atoms with Gasteiger partial charge in [0.1, 0.15) is 12.1 Å². The van der Waals surface area contributed by atoms with E-state index in [0.717, 1.165) is 16.9 Å². The summed E-state index contributed by atoms with van der Waals surface area (Å²) in [5.41, 5.74) is 19.0. The van der Waals surface area contributed by atoms with Crippen molar-refractivity contribution in [1.82, 2.24) is 10.3 Å². The Morgan fingerprint density at radius 3 is 2.85 bits per heavy atom. The molecular formula is C7H14N6. The molecule has 2 unspecified atom stereocenters. The Morgan fingerprint density at radius 1 is 1.38 bits per heavy atom. The van der Waals surface area contributed by atoms with Crippen molar-refractivity contribution >= 4 is 5.82 Å². The van der Waals surface area contributed by atoms with Gasteiger partial charge in [0.15, 0.2) is 0 Å². The number of fused-ring (bicyclic) bond motifs is 1. The fourth-order valence-corrected chi connectivity index (χ4v) is 1.59. The summed E-state index contributed by atoms with van der Waals surface area (Å²) in [6, 6.07) is 0. The van der Waals surface area contributed by atoms with Crippen molar-refractivity contribution in [1.29, 1.82) is 0 Å². The van der Waals surface area contributed by atoms with Gasteiger partial charge in [0.2, 0.25) is 0 Å². The molecule has 0 saturated heterocycles. The normalized spacial score (nSPS) is 26.7. The van der Waals surface area contributed by atoms with E-state index in [1.807, 2.05) is 6.20 Å². The van der Waals surface area contributed by atoms with Crippen LogP contribution >= 0.6 is 0 Å². The van der Waals surface area contributed by atoms with Crippen molar-refractivity contribution in [3.63, 3.8) is 0 Å². The molecule has 0 fully saturated rings. The van der Waals surface area contributed by atoms with Crippen LogP contribution in [0.15, 0.2) is 6.20 Å². The van der Waals surface area contributed by atoms with Gasteiger partial charge in [-0.2, -0.15) is 0 Å². The van der Waals surface area contributed by atoms with Gasteiger partial charge < -0.3 is 21.8 Å². The van der Waals surface area contributed by atoms with Crippen molar-refractivity contribution < 1.29 is 0 Å². The predicted octanol–water partition coefficient (Wildman–Crippen LogP) is -1.31. The zero-order chi connectivity index (χ0) is 9.42. The largest absolute Gasteiger partial charge is 0.348 e. The van der Waals surface area contributed by atoms with Gasteiger partial charge in [-0.15, -0.1) is 0 Å². The second-order valence-electron chi connectivity index (χ2n) is 3.07. The molecule has 2 rings (SSSR count). The highest BCUT2D eigenvalue weighted by Crippen LogP contribution is 2.26. The maximum atomic E-state index is 5.85. The van der Waals surface area contributed by atoms with E-state index in [4.69, 9.17) is 17.2 Å². The zero-order valence-corrected chi connectivity index (χ0v) is 7.17. The second kappa shape index (κ2) is 3.00. The van der Waals surface area contributed by atoms with Crippen molar-refractivity contribution in [2.24, 2.45) is 17.2 Å². The van der Waals surface area contributed by atoms with E-state index in [9.17, 15) is 0 Å². The number of hydrogen-bond donors (Lipinski definition) is 6. The van der Waals surface area contributed by atoms with Gasteiger partial charge in [0.05, 0.1) is 6.17 Å².